The topological polar surface area (TPSA) is 22.1 Å². The summed E-state index contributed by atoms with van der Waals surface area (Å²) >= 11 is 1.71. The zero-order valence-electron chi connectivity index (χ0n) is 5.83. The molecule has 0 unspecified atom stereocenters. The number of hydrogen-bond acceptors (Lipinski definition) is 3. The zero-order valence-corrected chi connectivity index (χ0v) is 6.65. The van der Waals surface area contributed by atoms with Crippen LogP contribution in [0.15, 0.2) is 11.7 Å². The average molecular weight is 155 g/mol. The highest BCUT2D eigenvalue weighted by atomic mass is 32.1. The van der Waals surface area contributed by atoms with Gasteiger partial charge in [-0.05, 0) is 0 Å². The molecule has 10 heavy (non-hydrogen) atoms. The predicted octanol–water partition coefficient (Wildman–Crippen LogP) is 1.43. The van der Waals surface area contributed by atoms with Gasteiger partial charge >= 0.3 is 0 Å². The lowest BCUT2D eigenvalue weighted by Gasteiger charge is -2.36. The molecule has 0 aliphatic carbocycles. The number of rotatable bonds is 1. The minimum atomic E-state index is 0.279. The van der Waals surface area contributed by atoms with Gasteiger partial charge in [-0.3, -0.25) is 4.98 Å². The van der Waals surface area contributed by atoms with Crippen LogP contribution in [0.2, 0.25) is 0 Å². The van der Waals surface area contributed by atoms with Gasteiger partial charge in [-0.25, -0.2) is 0 Å². The molecule has 0 N–H and O–H groups in total. The molecule has 1 saturated heterocycles. The molecule has 1 aliphatic heterocycles. The molecule has 1 aliphatic rings. The molecule has 0 saturated carbocycles. The molecule has 1 aromatic rings. The van der Waals surface area contributed by atoms with Gasteiger partial charge in [0.2, 0.25) is 0 Å². The van der Waals surface area contributed by atoms with E-state index in [1.165, 1.54) is 4.88 Å². The fourth-order valence-corrected chi connectivity index (χ4v) is 1.82. The Kier molecular flexibility index (Phi) is 1.28. The number of aromatic nitrogens is 1. The Hall–Kier alpha value is -0.410. The van der Waals surface area contributed by atoms with Gasteiger partial charge in [0.05, 0.1) is 24.1 Å². The summed E-state index contributed by atoms with van der Waals surface area (Å²) in [5.74, 6) is 0. The monoisotopic (exact) mass is 155 g/mol. The van der Waals surface area contributed by atoms with E-state index >= 15 is 0 Å². The van der Waals surface area contributed by atoms with Crippen LogP contribution in [0.5, 0.6) is 0 Å². The molecule has 1 aromatic heterocycles. The van der Waals surface area contributed by atoms with Gasteiger partial charge in [0, 0.05) is 11.1 Å². The van der Waals surface area contributed by atoms with Crippen LogP contribution in [-0.2, 0) is 10.2 Å². The van der Waals surface area contributed by atoms with Crippen LogP contribution in [0.1, 0.15) is 11.8 Å². The van der Waals surface area contributed by atoms with Gasteiger partial charge in [-0.15, -0.1) is 11.3 Å². The molecule has 0 spiro atoms. The molecular formula is C7H9NOS. The highest BCUT2D eigenvalue weighted by Crippen LogP contribution is 2.33. The summed E-state index contributed by atoms with van der Waals surface area (Å²) in [4.78, 5) is 5.38. The van der Waals surface area contributed by atoms with E-state index in [1.54, 1.807) is 11.3 Å². The number of nitrogens with zero attached hydrogens (tertiary/aromatic N) is 1. The fourth-order valence-electron chi connectivity index (χ4n) is 1.06. The second-order valence-electron chi connectivity index (χ2n) is 2.92. The van der Waals surface area contributed by atoms with Crippen LogP contribution < -0.4 is 0 Å². The van der Waals surface area contributed by atoms with Gasteiger partial charge in [-0.2, -0.15) is 0 Å². The van der Waals surface area contributed by atoms with Gasteiger partial charge < -0.3 is 4.74 Å². The van der Waals surface area contributed by atoms with E-state index in [0.717, 1.165) is 13.2 Å². The lowest BCUT2D eigenvalue weighted by atomic mass is 9.88. The Labute approximate surface area is 63.9 Å². The molecule has 2 nitrogen and oxygen atoms in total. The summed E-state index contributed by atoms with van der Waals surface area (Å²) in [5, 5.41) is 0. The Morgan fingerprint density at radius 1 is 1.70 bits per heavy atom. The van der Waals surface area contributed by atoms with E-state index in [4.69, 9.17) is 4.74 Å². The molecule has 2 rings (SSSR count). The molecule has 0 bridgehead atoms. The lowest BCUT2D eigenvalue weighted by molar-refractivity contribution is -0.0482. The van der Waals surface area contributed by atoms with Crippen LogP contribution in [0.3, 0.4) is 0 Å². The van der Waals surface area contributed by atoms with E-state index in [-0.39, 0.29) is 5.41 Å². The summed E-state index contributed by atoms with van der Waals surface area (Å²) in [7, 11) is 0. The standard InChI is InChI=1S/C7H9NOS/c1-7(3-9-4-7)6-2-8-5-10-6/h2,5H,3-4H2,1H3. The molecule has 0 radical (unpaired) electrons. The van der Waals surface area contributed by atoms with Gasteiger partial charge in [0.15, 0.2) is 0 Å². The van der Waals surface area contributed by atoms with Crippen molar-refractivity contribution in [2.24, 2.45) is 0 Å². The molecule has 0 atom stereocenters. The Morgan fingerprint density at radius 3 is 2.90 bits per heavy atom. The largest absolute Gasteiger partial charge is 0.379 e. The average Bonchev–Trinajstić information content (AvgIpc) is 2.33. The van der Waals surface area contributed by atoms with Crippen molar-refractivity contribution in [3.05, 3.63) is 16.6 Å². The zero-order chi connectivity index (χ0) is 7.03. The van der Waals surface area contributed by atoms with Crippen LogP contribution in [-0.4, -0.2) is 18.2 Å². The highest BCUT2D eigenvalue weighted by molar-refractivity contribution is 7.09. The van der Waals surface area contributed by atoms with Crippen LogP contribution in [0.4, 0.5) is 0 Å². The Balaban J connectivity index is 2.27. The summed E-state index contributed by atoms with van der Waals surface area (Å²) in [5.41, 5.74) is 2.15. The SMILES string of the molecule is CC1(c2cncs2)COC1. The van der Waals surface area contributed by atoms with Crippen molar-refractivity contribution in [1.82, 2.24) is 4.98 Å². The van der Waals surface area contributed by atoms with E-state index in [9.17, 15) is 0 Å². The first-order chi connectivity index (χ1) is 4.81. The van der Waals surface area contributed by atoms with Crippen molar-refractivity contribution >= 4 is 11.3 Å². The fraction of sp³-hybridized carbons (Fsp3) is 0.571. The quantitative estimate of drug-likeness (QED) is 0.612. The van der Waals surface area contributed by atoms with Crippen molar-refractivity contribution < 1.29 is 4.74 Å². The maximum atomic E-state index is 5.14. The Bertz CT molecular complexity index is 216. The molecule has 0 aromatic carbocycles. The maximum Gasteiger partial charge on any atom is 0.0794 e. The number of hydrogen-bond donors (Lipinski definition) is 0. The minimum absolute atomic E-state index is 0.279. The first-order valence-electron chi connectivity index (χ1n) is 3.28. The molecule has 0 amide bonds. The Morgan fingerprint density at radius 2 is 2.50 bits per heavy atom. The first kappa shape index (κ1) is 6.31. The molecule has 54 valence electrons. The summed E-state index contributed by atoms with van der Waals surface area (Å²) in [6.45, 7) is 3.92. The van der Waals surface area contributed by atoms with Crippen LogP contribution >= 0.6 is 11.3 Å². The van der Waals surface area contributed by atoms with Gasteiger partial charge in [0.25, 0.3) is 0 Å². The highest BCUT2D eigenvalue weighted by Gasteiger charge is 2.36. The van der Waals surface area contributed by atoms with Crippen molar-refractivity contribution in [3.8, 4) is 0 Å². The van der Waals surface area contributed by atoms with Crippen LogP contribution in [0, 0.1) is 0 Å². The van der Waals surface area contributed by atoms with Crippen molar-refractivity contribution in [3.63, 3.8) is 0 Å². The number of ether oxygens (including phenoxy) is 1. The summed E-state index contributed by atoms with van der Waals surface area (Å²) in [6, 6.07) is 0. The minimum Gasteiger partial charge on any atom is -0.379 e. The first-order valence-corrected chi connectivity index (χ1v) is 4.16. The maximum absolute atomic E-state index is 5.14. The molecule has 3 heteroatoms. The van der Waals surface area contributed by atoms with Gasteiger partial charge in [0.1, 0.15) is 0 Å². The van der Waals surface area contributed by atoms with Crippen LogP contribution in [0.25, 0.3) is 0 Å². The lowest BCUT2D eigenvalue weighted by Crippen LogP contribution is -2.43. The van der Waals surface area contributed by atoms with E-state index in [1.807, 2.05) is 11.7 Å². The third-order valence-corrected chi connectivity index (χ3v) is 2.95. The van der Waals surface area contributed by atoms with Crippen molar-refractivity contribution in [2.45, 2.75) is 12.3 Å². The van der Waals surface area contributed by atoms with E-state index in [0.29, 0.717) is 0 Å². The second kappa shape index (κ2) is 2.04. The van der Waals surface area contributed by atoms with Crippen molar-refractivity contribution in [2.75, 3.05) is 13.2 Å². The summed E-state index contributed by atoms with van der Waals surface area (Å²) < 4.78 is 5.14. The predicted molar refractivity (Wildman–Crippen MR) is 40.3 cm³/mol. The third kappa shape index (κ3) is 0.777. The smallest absolute Gasteiger partial charge is 0.0794 e. The molecule has 2 heterocycles. The van der Waals surface area contributed by atoms with E-state index < -0.39 is 0 Å². The number of thiazole rings is 1. The molecule has 1 fully saturated rings. The third-order valence-electron chi connectivity index (χ3n) is 1.87. The van der Waals surface area contributed by atoms with Crippen molar-refractivity contribution in [1.29, 1.82) is 0 Å². The normalized spacial score (nSPS) is 22.1. The summed E-state index contributed by atoms with van der Waals surface area (Å²) in [6.07, 6.45) is 1.94. The van der Waals surface area contributed by atoms with Gasteiger partial charge in [-0.1, -0.05) is 6.92 Å². The second-order valence-corrected chi connectivity index (χ2v) is 3.81. The van der Waals surface area contributed by atoms with E-state index in [2.05, 4.69) is 11.9 Å². The molecular weight excluding hydrogens is 146 g/mol.